The third-order valence-electron chi connectivity index (χ3n) is 3.26. The molecule has 12 heavy (non-hydrogen) atoms. The molecule has 2 aliphatic rings. The van der Waals surface area contributed by atoms with Crippen LogP contribution in [-0.2, 0) is 0 Å². The summed E-state index contributed by atoms with van der Waals surface area (Å²) in [7, 11) is 0. The first-order valence-corrected chi connectivity index (χ1v) is 5.35. The van der Waals surface area contributed by atoms with Crippen LogP contribution in [0.1, 0.15) is 32.6 Å². The fourth-order valence-corrected chi connectivity index (χ4v) is 2.55. The molecule has 2 unspecified atom stereocenters. The van der Waals surface area contributed by atoms with Crippen molar-refractivity contribution in [2.75, 3.05) is 19.6 Å². The van der Waals surface area contributed by atoms with Gasteiger partial charge in [0.2, 0.25) is 0 Å². The van der Waals surface area contributed by atoms with E-state index in [-0.39, 0.29) is 0 Å². The summed E-state index contributed by atoms with van der Waals surface area (Å²) in [5.41, 5.74) is 0. The Balaban J connectivity index is 2.01. The first kappa shape index (κ1) is 8.52. The highest BCUT2D eigenvalue weighted by atomic mass is 15.3. The van der Waals surface area contributed by atoms with Crippen molar-refractivity contribution in [3.8, 4) is 0 Å². The Labute approximate surface area is 75.3 Å². The van der Waals surface area contributed by atoms with Crippen molar-refractivity contribution in [2.24, 2.45) is 5.92 Å². The van der Waals surface area contributed by atoms with Gasteiger partial charge in [-0.25, -0.2) is 0 Å². The van der Waals surface area contributed by atoms with Gasteiger partial charge in [-0.15, -0.1) is 0 Å². The van der Waals surface area contributed by atoms with Crippen LogP contribution in [0.3, 0.4) is 0 Å². The van der Waals surface area contributed by atoms with Gasteiger partial charge in [0.05, 0.1) is 6.17 Å². The summed E-state index contributed by atoms with van der Waals surface area (Å²) < 4.78 is 0. The lowest BCUT2D eigenvalue weighted by molar-refractivity contribution is 0.100. The van der Waals surface area contributed by atoms with E-state index in [4.69, 9.17) is 0 Å². The van der Waals surface area contributed by atoms with Gasteiger partial charge in [0.25, 0.3) is 0 Å². The molecular formula is C10H20N2. The SMILES string of the molecule is CC1CCCCN2CCCNC12. The standard InChI is InChI=1S/C10H20N2/c1-9-5-2-3-7-12-8-4-6-11-10(9)12/h9-11H,2-8H2,1H3. The highest BCUT2D eigenvalue weighted by Gasteiger charge is 2.28. The summed E-state index contributed by atoms with van der Waals surface area (Å²) in [6.45, 7) is 6.26. The minimum atomic E-state index is 0.696. The first-order valence-electron chi connectivity index (χ1n) is 5.35. The number of fused-ring (bicyclic) bond motifs is 1. The van der Waals surface area contributed by atoms with E-state index in [1.807, 2.05) is 0 Å². The molecule has 0 radical (unpaired) electrons. The molecule has 0 aromatic rings. The second kappa shape index (κ2) is 3.75. The van der Waals surface area contributed by atoms with Crippen LogP contribution >= 0.6 is 0 Å². The molecule has 2 rings (SSSR count). The molecule has 0 saturated carbocycles. The van der Waals surface area contributed by atoms with E-state index < -0.39 is 0 Å². The maximum Gasteiger partial charge on any atom is 0.0623 e. The average Bonchev–Trinajstić information content (AvgIpc) is 2.29. The van der Waals surface area contributed by atoms with E-state index in [0.29, 0.717) is 6.17 Å². The van der Waals surface area contributed by atoms with E-state index in [9.17, 15) is 0 Å². The second-order valence-corrected chi connectivity index (χ2v) is 4.26. The Bertz CT molecular complexity index is 147. The second-order valence-electron chi connectivity index (χ2n) is 4.26. The zero-order valence-electron chi connectivity index (χ0n) is 8.05. The topological polar surface area (TPSA) is 15.3 Å². The zero-order valence-corrected chi connectivity index (χ0v) is 8.05. The number of nitrogens with zero attached hydrogens (tertiary/aromatic N) is 1. The molecule has 0 aliphatic carbocycles. The Morgan fingerprint density at radius 3 is 2.92 bits per heavy atom. The van der Waals surface area contributed by atoms with Gasteiger partial charge in [-0.1, -0.05) is 13.3 Å². The van der Waals surface area contributed by atoms with Crippen molar-refractivity contribution in [3.05, 3.63) is 0 Å². The van der Waals surface area contributed by atoms with Gasteiger partial charge in [-0.05, 0) is 38.3 Å². The number of hydrogen-bond donors (Lipinski definition) is 1. The highest BCUT2D eigenvalue weighted by molar-refractivity contribution is 4.81. The molecule has 2 fully saturated rings. The number of nitrogens with one attached hydrogen (secondary N) is 1. The lowest BCUT2D eigenvalue weighted by Gasteiger charge is -2.38. The molecule has 1 N–H and O–H groups in total. The molecular weight excluding hydrogens is 148 g/mol. The van der Waals surface area contributed by atoms with Crippen LogP contribution in [0.4, 0.5) is 0 Å². The predicted molar refractivity (Wildman–Crippen MR) is 51.0 cm³/mol. The summed E-state index contributed by atoms with van der Waals surface area (Å²) in [5.74, 6) is 0.854. The Morgan fingerprint density at radius 2 is 2.00 bits per heavy atom. The van der Waals surface area contributed by atoms with Crippen LogP contribution in [0.25, 0.3) is 0 Å². The largest absolute Gasteiger partial charge is 0.301 e. The quantitative estimate of drug-likeness (QED) is 0.588. The minimum Gasteiger partial charge on any atom is -0.301 e. The van der Waals surface area contributed by atoms with Crippen LogP contribution in [0, 0.1) is 5.92 Å². The van der Waals surface area contributed by atoms with E-state index in [1.165, 1.54) is 45.3 Å². The lowest BCUT2D eigenvalue weighted by Crippen LogP contribution is -2.53. The Kier molecular flexibility index (Phi) is 2.66. The van der Waals surface area contributed by atoms with Gasteiger partial charge in [0.15, 0.2) is 0 Å². The summed E-state index contributed by atoms with van der Waals surface area (Å²) >= 11 is 0. The third kappa shape index (κ3) is 1.64. The van der Waals surface area contributed by atoms with Crippen molar-refractivity contribution >= 4 is 0 Å². The number of hydrogen-bond acceptors (Lipinski definition) is 2. The molecule has 0 bridgehead atoms. The highest BCUT2D eigenvalue weighted by Crippen LogP contribution is 2.22. The van der Waals surface area contributed by atoms with Gasteiger partial charge < -0.3 is 5.32 Å². The average molecular weight is 168 g/mol. The summed E-state index contributed by atoms with van der Waals surface area (Å²) in [5, 5.41) is 3.64. The molecule has 70 valence electrons. The number of rotatable bonds is 0. The normalized spacial score (nSPS) is 38.8. The van der Waals surface area contributed by atoms with Crippen LogP contribution < -0.4 is 5.32 Å². The van der Waals surface area contributed by atoms with Crippen molar-refractivity contribution in [1.82, 2.24) is 10.2 Å². The maximum atomic E-state index is 3.64. The summed E-state index contributed by atoms with van der Waals surface area (Å²) in [4.78, 5) is 2.64. The lowest BCUT2D eigenvalue weighted by atomic mass is 10.0. The summed E-state index contributed by atoms with van der Waals surface area (Å²) in [6, 6.07) is 0. The van der Waals surface area contributed by atoms with E-state index >= 15 is 0 Å². The molecule has 2 atom stereocenters. The van der Waals surface area contributed by atoms with E-state index in [1.54, 1.807) is 0 Å². The summed E-state index contributed by atoms with van der Waals surface area (Å²) in [6.07, 6.45) is 6.27. The monoisotopic (exact) mass is 168 g/mol. The molecule has 0 amide bonds. The fourth-order valence-electron chi connectivity index (χ4n) is 2.55. The van der Waals surface area contributed by atoms with E-state index in [0.717, 1.165) is 5.92 Å². The zero-order chi connectivity index (χ0) is 8.39. The first-order chi connectivity index (χ1) is 5.88. The van der Waals surface area contributed by atoms with Crippen molar-refractivity contribution in [3.63, 3.8) is 0 Å². The fraction of sp³-hybridized carbons (Fsp3) is 1.00. The van der Waals surface area contributed by atoms with Crippen molar-refractivity contribution in [1.29, 1.82) is 0 Å². The van der Waals surface area contributed by atoms with Gasteiger partial charge in [0, 0.05) is 6.54 Å². The molecule has 2 heteroatoms. The molecule has 0 aromatic carbocycles. The van der Waals surface area contributed by atoms with Crippen molar-refractivity contribution in [2.45, 2.75) is 38.8 Å². The van der Waals surface area contributed by atoms with Crippen LogP contribution in [0.5, 0.6) is 0 Å². The smallest absolute Gasteiger partial charge is 0.0623 e. The van der Waals surface area contributed by atoms with E-state index in [2.05, 4.69) is 17.1 Å². The molecule has 2 nitrogen and oxygen atoms in total. The third-order valence-corrected chi connectivity index (χ3v) is 3.26. The molecule has 0 spiro atoms. The molecule has 2 aliphatic heterocycles. The van der Waals surface area contributed by atoms with Crippen LogP contribution in [0.2, 0.25) is 0 Å². The van der Waals surface area contributed by atoms with Gasteiger partial charge in [-0.3, -0.25) is 4.90 Å². The Morgan fingerprint density at radius 1 is 1.17 bits per heavy atom. The minimum absolute atomic E-state index is 0.696. The molecule has 2 saturated heterocycles. The molecule has 0 aromatic heterocycles. The predicted octanol–water partition coefficient (Wildman–Crippen LogP) is 1.43. The Hall–Kier alpha value is -0.0800. The van der Waals surface area contributed by atoms with Crippen LogP contribution in [-0.4, -0.2) is 30.7 Å². The maximum absolute atomic E-state index is 3.64. The van der Waals surface area contributed by atoms with Gasteiger partial charge >= 0.3 is 0 Å². The molecule has 2 heterocycles. The van der Waals surface area contributed by atoms with Gasteiger partial charge in [0.1, 0.15) is 0 Å². The van der Waals surface area contributed by atoms with Crippen LogP contribution in [0.15, 0.2) is 0 Å². The van der Waals surface area contributed by atoms with Gasteiger partial charge in [-0.2, -0.15) is 0 Å². The van der Waals surface area contributed by atoms with Crippen molar-refractivity contribution < 1.29 is 0 Å².